The van der Waals surface area contributed by atoms with Crippen LogP contribution in [0.3, 0.4) is 0 Å². The third-order valence-electron chi connectivity index (χ3n) is 4.12. The predicted octanol–water partition coefficient (Wildman–Crippen LogP) is 3.18. The van der Waals surface area contributed by atoms with Gasteiger partial charge in [0.25, 0.3) is 0 Å². The van der Waals surface area contributed by atoms with Crippen LogP contribution in [0.4, 0.5) is 0 Å². The molecule has 1 aliphatic rings. The number of para-hydroxylation sites is 1. The van der Waals surface area contributed by atoms with Gasteiger partial charge in [0.1, 0.15) is 0 Å². The zero-order valence-corrected chi connectivity index (χ0v) is 15.6. The van der Waals surface area contributed by atoms with Crippen molar-refractivity contribution in [2.24, 2.45) is 10.7 Å². The number of rotatable bonds is 3. The Bertz CT molecular complexity index is 616. The molecule has 1 saturated heterocycles. The van der Waals surface area contributed by atoms with Crippen LogP contribution in [0, 0.1) is 0 Å². The van der Waals surface area contributed by atoms with Crippen LogP contribution < -0.4 is 5.73 Å². The van der Waals surface area contributed by atoms with Gasteiger partial charge < -0.3 is 15.2 Å². The fourth-order valence-corrected chi connectivity index (χ4v) is 2.86. The fourth-order valence-electron chi connectivity index (χ4n) is 2.86. The van der Waals surface area contributed by atoms with E-state index in [4.69, 9.17) is 5.73 Å². The minimum absolute atomic E-state index is 0. The van der Waals surface area contributed by atoms with Crippen molar-refractivity contribution in [2.45, 2.75) is 32.2 Å². The van der Waals surface area contributed by atoms with Crippen LogP contribution in [0.5, 0.6) is 0 Å². The van der Waals surface area contributed by atoms with Crippen molar-refractivity contribution in [1.29, 1.82) is 0 Å². The molecule has 0 saturated carbocycles. The molecule has 2 aromatic rings. The van der Waals surface area contributed by atoms with Gasteiger partial charge in [0.05, 0.1) is 18.6 Å². The second kappa shape index (κ2) is 8.90. The van der Waals surface area contributed by atoms with Crippen LogP contribution in [0.2, 0.25) is 0 Å². The van der Waals surface area contributed by atoms with Crippen molar-refractivity contribution in [3.63, 3.8) is 0 Å². The lowest BCUT2D eigenvalue weighted by Gasteiger charge is -2.21. The van der Waals surface area contributed by atoms with Crippen LogP contribution in [-0.4, -0.2) is 33.5 Å². The number of benzene rings is 1. The second-order valence-electron chi connectivity index (χ2n) is 5.67. The Morgan fingerprint density at radius 3 is 2.57 bits per heavy atom. The maximum atomic E-state index is 6.19. The lowest BCUT2D eigenvalue weighted by Crippen LogP contribution is -2.38. The molecule has 0 radical (unpaired) electrons. The van der Waals surface area contributed by atoms with E-state index in [-0.39, 0.29) is 24.0 Å². The number of aliphatic imine (C=N–C) groups is 1. The summed E-state index contributed by atoms with van der Waals surface area (Å²) in [6.45, 7) is 2.65. The molecule has 1 aromatic carbocycles. The number of halogens is 1. The molecule has 23 heavy (non-hydrogen) atoms. The zero-order chi connectivity index (χ0) is 15.2. The smallest absolute Gasteiger partial charge is 0.191 e. The van der Waals surface area contributed by atoms with E-state index in [0.717, 1.165) is 24.3 Å². The summed E-state index contributed by atoms with van der Waals surface area (Å²) in [5.74, 6) is 0.669. The Morgan fingerprint density at radius 1 is 1.13 bits per heavy atom. The first kappa shape index (κ1) is 17.8. The van der Waals surface area contributed by atoms with E-state index in [1.54, 1.807) is 12.5 Å². The molecule has 0 bridgehead atoms. The fraction of sp³-hybridized carbons (Fsp3) is 0.412. The monoisotopic (exact) mass is 425 g/mol. The van der Waals surface area contributed by atoms with Gasteiger partial charge in [0, 0.05) is 25.5 Å². The van der Waals surface area contributed by atoms with Crippen molar-refractivity contribution in [2.75, 3.05) is 13.1 Å². The van der Waals surface area contributed by atoms with E-state index in [1.165, 1.54) is 25.7 Å². The minimum Gasteiger partial charge on any atom is -0.370 e. The highest BCUT2D eigenvalue weighted by Gasteiger charge is 2.11. The number of aromatic nitrogens is 2. The van der Waals surface area contributed by atoms with Crippen LogP contribution in [-0.2, 0) is 6.54 Å². The van der Waals surface area contributed by atoms with Crippen molar-refractivity contribution in [3.8, 4) is 5.69 Å². The summed E-state index contributed by atoms with van der Waals surface area (Å²) in [5.41, 5.74) is 8.45. The van der Waals surface area contributed by atoms with Gasteiger partial charge in [-0.1, -0.05) is 31.0 Å². The van der Waals surface area contributed by atoms with E-state index >= 15 is 0 Å². The number of nitrogens with two attached hydrogens (primary N) is 1. The third kappa shape index (κ3) is 4.70. The molecular weight excluding hydrogens is 401 g/mol. The molecule has 0 spiro atoms. The van der Waals surface area contributed by atoms with Crippen molar-refractivity contribution >= 4 is 29.9 Å². The number of hydrogen-bond donors (Lipinski definition) is 1. The van der Waals surface area contributed by atoms with Gasteiger partial charge in [-0.25, -0.2) is 9.98 Å². The predicted molar refractivity (Wildman–Crippen MR) is 104 cm³/mol. The van der Waals surface area contributed by atoms with Gasteiger partial charge in [-0.3, -0.25) is 0 Å². The molecule has 2 N–H and O–H groups in total. The highest BCUT2D eigenvalue weighted by atomic mass is 127. The lowest BCUT2D eigenvalue weighted by atomic mass is 10.2. The Balaban J connectivity index is 0.00000192. The molecule has 0 amide bonds. The minimum atomic E-state index is 0. The van der Waals surface area contributed by atoms with Crippen LogP contribution in [0.1, 0.15) is 31.2 Å². The molecule has 0 aliphatic carbocycles. The average Bonchev–Trinajstić information content (AvgIpc) is 2.95. The summed E-state index contributed by atoms with van der Waals surface area (Å²) in [4.78, 5) is 10.9. The zero-order valence-electron chi connectivity index (χ0n) is 13.3. The number of likely N-dealkylation sites (tertiary alicyclic amines) is 1. The standard InChI is InChI=1S/C17H23N5.HI/c18-17(21-10-5-1-2-6-11-21)20-13-15-7-3-4-8-16(15)22-12-9-19-14-22;/h3-4,7-9,12,14H,1-2,5-6,10-11,13H2,(H2,18,20);1H. The van der Waals surface area contributed by atoms with Crippen molar-refractivity contribution in [1.82, 2.24) is 14.5 Å². The third-order valence-corrected chi connectivity index (χ3v) is 4.12. The van der Waals surface area contributed by atoms with Crippen LogP contribution in [0.15, 0.2) is 48.0 Å². The van der Waals surface area contributed by atoms with Gasteiger partial charge in [0.15, 0.2) is 5.96 Å². The number of guanidine groups is 1. The van der Waals surface area contributed by atoms with Crippen LogP contribution in [0.25, 0.3) is 5.69 Å². The lowest BCUT2D eigenvalue weighted by molar-refractivity contribution is 0.428. The molecular formula is C17H24IN5. The molecule has 1 fully saturated rings. The molecule has 124 valence electrons. The van der Waals surface area contributed by atoms with Gasteiger partial charge in [0.2, 0.25) is 0 Å². The summed E-state index contributed by atoms with van der Waals surface area (Å²) in [6, 6.07) is 8.23. The van der Waals surface area contributed by atoms with Gasteiger partial charge in [-0.15, -0.1) is 24.0 Å². The summed E-state index contributed by atoms with van der Waals surface area (Å²) >= 11 is 0. The number of nitrogens with zero attached hydrogens (tertiary/aromatic N) is 4. The quantitative estimate of drug-likeness (QED) is 0.467. The number of hydrogen-bond acceptors (Lipinski definition) is 2. The average molecular weight is 425 g/mol. The normalized spacial score (nSPS) is 15.8. The van der Waals surface area contributed by atoms with Crippen molar-refractivity contribution in [3.05, 3.63) is 48.5 Å². The molecule has 0 atom stereocenters. The van der Waals surface area contributed by atoms with Gasteiger partial charge in [-0.2, -0.15) is 0 Å². The molecule has 0 unspecified atom stereocenters. The van der Waals surface area contributed by atoms with Gasteiger partial charge >= 0.3 is 0 Å². The molecule has 2 heterocycles. The van der Waals surface area contributed by atoms with Crippen molar-refractivity contribution < 1.29 is 0 Å². The van der Waals surface area contributed by atoms with E-state index < -0.39 is 0 Å². The Kier molecular flexibility index (Phi) is 6.88. The van der Waals surface area contributed by atoms with Gasteiger partial charge in [-0.05, 0) is 24.5 Å². The van der Waals surface area contributed by atoms with E-state index in [2.05, 4.69) is 27.0 Å². The first-order chi connectivity index (χ1) is 10.8. The summed E-state index contributed by atoms with van der Waals surface area (Å²) < 4.78 is 2.01. The SMILES string of the molecule is I.NC(=NCc1ccccc1-n1ccnc1)N1CCCCCC1. The maximum absolute atomic E-state index is 6.19. The highest BCUT2D eigenvalue weighted by Crippen LogP contribution is 2.15. The van der Waals surface area contributed by atoms with E-state index in [0.29, 0.717) is 12.5 Å². The summed E-state index contributed by atoms with van der Waals surface area (Å²) in [5, 5.41) is 0. The van der Waals surface area contributed by atoms with E-state index in [9.17, 15) is 0 Å². The van der Waals surface area contributed by atoms with Crippen LogP contribution >= 0.6 is 24.0 Å². The maximum Gasteiger partial charge on any atom is 0.191 e. The Labute approximate surface area is 154 Å². The molecule has 5 nitrogen and oxygen atoms in total. The molecule has 1 aliphatic heterocycles. The highest BCUT2D eigenvalue weighted by molar-refractivity contribution is 14.0. The Morgan fingerprint density at radius 2 is 1.87 bits per heavy atom. The summed E-state index contributed by atoms with van der Waals surface area (Å²) in [6.07, 6.45) is 10.6. The Hall–Kier alpha value is -1.57. The largest absolute Gasteiger partial charge is 0.370 e. The second-order valence-corrected chi connectivity index (χ2v) is 5.67. The molecule has 3 rings (SSSR count). The summed E-state index contributed by atoms with van der Waals surface area (Å²) in [7, 11) is 0. The first-order valence-corrected chi connectivity index (χ1v) is 7.96. The molecule has 6 heteroatoms. The van der Waals surface area contributed by atoms with E-state index in [1.807, 2.05) is 22.9 Å². The topological polar surface area (TPSA) is 59.4 Å². The molecule has 1 aromatic heterocycles. The first-order valence-electron chi connectivity index (χ1n) is 7.96. The number of imidazole rings is 1.